The number of carbonyl (C=O) groups excluding carboxylic acids is 1. The number of amides is 1. The number of hydrogen-bond acceptors (Lipinski definition) is 5. The van der Waals surface area contributed by atoms with Gasteiger partial charge in [-0.2, -0.15) is 5.10 Å². The number of ether oxygens (including phenoxy) is 2. The highest BCUT2D eigenvalue weighted by Crippen LogP contribution is 2.27. The lowest BCUT2D eigenvalue weighted by Crippen LogP contribution is -2.17. The van der Waals surface area contributed by atoms with E-state index < -0.39 is 0 Å². The van der Waals surface area contributed by atoms with Crippen molar-refractivity contribution in [1.29, 1.82) is 0 Å². The SMILES string of the molecule is C=CCOc1ccc(C=NNC(=O)c2ccncc2)cc1OC. The minimum absolute atomic E-state index is 0.304. The number of nitrogens with zero attached hydrogens (tertiary/aromatic N) is 2. The molecule has 6 nitrogen and oxygen atoms in total. The zero-order valence-electron chi connectivity index (χ0n) is 12.7. The molecule has 1 N–H and O–H groups in total. The maximum atomic E-state index is 11.8. The van der Waals surface area contributed by atoms with Crippen molar-refractivity contribution in [3.8, 4) is 11.5 Å². The van der Waals surface area contributed by atoms with Crippen molar-refractivity contribution in [3.05, 3.63) is 66.5 Å². The molecule has 1 aromatic carbocycles. The summed E-state index contributed by atoms with van der Waals surface area (Å²) in [5.41, 5.74) is 3.71. The minimum Gasteiger partial charge on any atom is -0.493 e. The second-order valence-electron chi connectivity index (χ2n) is 4.44. The summed E-state index contributed by atoms with van der Waals surface area (Å²) in [6.45, 7) is 3.99. The number of methoxy groups -OCH3 is 1. The van der Waals surface area contributed by atoms with Crippen LogP contribution in [0.5, 0.6) is 11.5 Å². The van der Waals surface area contributed by atoms with Crippen LogP contribution in [-0.2, 0) is 0 Å². The van der Waals surface area contributed by atoms with Crippen LogP contribution < -0.4 is 14.9 Å². The van der Waals surface area contributed by atoms with Gasteiger partial charge in [0.1, 0.15) is 6.61 Å². The molecule has 1 amide bonds. The number of pyridine rings is 1. The smallest absolute Gasteiger partial charge is 0.271 e. The van der Waals surface area contributed by atoms with Gasteiger partial charge in [0.15, 0.2) is 11.5 Å². The molecule has 0 radical (unpaired) electrons. The number of hydrogen-bond donors (Lipinski definition) is 1. The van der Waals surface area contributed by atoms with E-state index in [1.807, 2.05) is 6.07 Å². The average Bonchev–Trinajstić information content (AvgIpc) is 2.61. The van der Waals surface area contributed by atoms with Crippen LogP contribution in [0, 0.1) is 0 Å². The second kappa shape index (κ2) is 8.33. The Bertz CT molecular complexity index is 699. The normalized spacial score (nSPS) is 10.3. The van der Waals surface area contributed by atoms with Gasteiger partial charge in [-0.3, -0.25) is 9.78 Å². The molecule has 2 rings (SSSR count). The van der Waals surface area contributed by atoms with Gasteiger partial charge in [-0.15, -0.1) is 0 Å². The lowest BCUT2D eigenvalue weighted by Gasteiger charge is -2.09. The number of benzene rings is 1. The number of hydrazone groups is 1. The van der Waals surface area contributed by atoms with E-state index in [1.165, 1.54) is 6.21 Å². The summed E-state index contributed by atoms with van der Waals surface area (Å²) in [6, 6.07) is 8.57. The van der Waals surface area contributed by atoms with Gasteiger partial charge in [0.05, 0.1) is 13.3 Å². The van der Waals surface area contributed by atoms with Crippen LogP contribution in [0.4, 0.5) is 0 Å². The summed E-state index contributed by atoms with van der Waals surface area (Å²) in [4.78, 5) is 15.7. The lowest BCUT2D eigenvalue weighted by molar-refractivity contribution is 0.0955. The number of rotatable bonds is 7. The third-order valence-electron chi connectivity index (χ3n) is 2.87. The number of aromatic nitrogens is 1. The molecule has 0 aliphatic rings. The molecule has 0 saturated heterocycles. The minimum atomic E-state index is -0.304. The summed E-state index contributed by atoms with van der Waals surface area (Å²) in [7, 11) is 1.56. The third kappa shape index (κ3) is 4.67. The molecule has 118 valence electrons. The summed E-state index contributed by atoms with van der Waals surface area (Å²) >= 11 is 0. The quantitative estimate of drug-likeness (QED) is 0.484. The van der Waals surface area contributed by atoms with E-state index in [4.69, 9.17) is 9.47 Å². The van der Waals surface area contributed by atoms with Crippen LogP contribution in [0.2, 0.25) is 0 Å². The van der Waals surface area contributed by atoms with E-state index >= 15 is 0 Å². The fraction of sp³-hybridized carbons (Fsp3) is 0.118. The first-order valence-electron chi connectivity index (χ1n) is 6.89. The molecule has 23 heavy (non-hydrogen) atoms. The maximum Gasteiger partial charge on any atom is 0.271 e. The fourth-order valence-electron chi connectivity index (χ4n) is 1.77. The molecular formula is C17H17N3O3. The third-order valence-corrected chi connectivity index (χ3v) is 2.87. The first-order valence-corrected chi connectivity index (χ1v) is 6.89. The molecule has 0 saturated carbocycles. The summed E-state index contributed by atoms with van der Waals surface area (Å²) in [5, 5.41) is 3.93. The largest absolute Gasteiger partial charge is 0.493 e. The van der Waals surface area contributed by atoms with Crippen molar-refractivity contribution in [2.75, 3.05) is 13.7 Å². The van der Waals surface area contributed by atoms with Crippen LogP contribution in [0.15, 0.2) is 60.5 Å². The summed E-state index contributed by atoms with van der Waals surface area (Å²) < 4.78 is 10.7. The molecule has 6 heteroatoms. The topological polar surface area (TPSA) is 72.8 Å². The van der Waals surface area contributed by atoms with Crippen molar-refractivity contribution in [2.24, 2.45) is 5.10 Å². The monoisotopic (exact) mass is 311 g/mol. The van der Waals surface area contributed by atoms with Crippen molar-refractivity contribution in [3.63, 3.8) is 0 Å². The Morgan fingerprint density at radius 1 is 1.30 bits per heavy atom. The second-order valence-corrected chi connectivity index (χ2v) is 4.44. The first-order chi connectivity index (χ1) is 11.2. The highest BCUT2D eigenvalue weighted by Gasteiger charge is 2.05. The molecule has 0 bridgehead atoms. The molecule has 1 aromatic heterocycles. The molecule has 2 aromatic rings. The molecule has 0 unspecified atom stereocenters. The number of nitrogens with one attached hydrogen (secondary N) is 1. The fourth-order valence-corrected chi connectivity index (χ4v) is 1.77. The van der Waals surface area contributed by atoms with Crippen molar-refractivity contribution >= 4 is 12.1 Å². The van der Waals surface area contributed by atoms with Gasteiger partial charge >= 0.3 is 0 Å². The standard InChI is InChI=1S/C17H17N3O3/c1-3-10-23-15-5-4-13(11-16(15)22-2)12-19-20-17(21)14-6-8-18-9-7-14/h3-9,11-12H,1,10H2,2H3,(H,20,21). The molecule has 1 heterocycles. The van der Waals surface area contributed by atoms with Crippen molar-refractivity contribution in [1.82, 2.24) is 10.4 Å². The molecule has 0 aliphatic heterocycles. The van der Waals surface area contributed by atoms with E-state index in [0.29, 0.717) is 23.7 Å². The Hall–Kier alpha value is -3.15. The highest BCUT2D eigenvalue weighted by atomic mass is 16.5. The van der Waals surface area contributed by atoms with Crippen molar-refractivity contribution < 1.29 is 14.3 Å². The number of carbonyl (C=O) groups is 1. The lowest BCUT2D eigenvalue weighted by atomic mass is 10.2. The van der Waals surface area contributed by atoms with Crippen LogP contribution in [-0.4, -0.2) is 30.8 Å². The summed E-state index contributed by atoms with van der Waals surface area (Å²) in [5.74, 6) is 0.892. The van der Waals surface area contributed by atoms with Gasteiger partial charge in [0.2, 0.25) is 0 Å². The zero-order valence-corrected chi connectivity index (χ0v) is 12.7. The first kappa shape index (κ1) is 16.2. The molecule has 0 aliphatic carbocycles. The Kier molecular flexibility index (Phi) is 5.88. The van der Waals surface area contributed by atoms with Crippen LogP contribution in [0.25, 0.3) is 0 Å². The van der Waals surface area contributed by atoms with E-state index in [2.05, 4.69) is 22.1 Å². The molecule has 0 fully saturated rings. The van der Waals surface area contributed by atoms with Crippen molar-refractivity contribution in [2.45, 2.75) is 0 Å². The van der Waals surface area contributed by atoms with Gasteiger partial charge in [0, 0.05) is 18.0 Å². The van der Waals surface area contributed by atoms with Gasteiger partial charge in [-0.1, -0.05) is 12.7 Å². The van der Waals surface area contributed by atoms with E-state index in [-0.39, 0.29) is 5.91 Å². The Morgan fingerprint density at radius 3 is 2.78 bits per heavy atom. The maximum absolute atomic E-state index is 11.8. The van der Waals surface area contributed by atoms with E-state index in [1.54, 1.807) is 49.8 Å². The van der Waals surface area contributed by atoms with Crippen LogP contribution in [0.3, 0.4) is 0 Å². The predicted molar refractivity (Wildman–Crippen MR) is 88.0 cm³/mol. The van der Waals surface area contributed by atoms with Gasteiger partial charge < -0.3 is 9.47 Å². The van der Waals surface area contributed by atoms with E-state index in [0.717, 1.165) is 5.56 Å². The molecule has 0 spiro atoms. The Labute approximate surface area is 134 Å². The Balaban J connectivity index is 2.02. The molecule has 0 atom stereocenters. The van der Waals surface area contributed by atoms with Gasteiger partial charge in [-0.05, 0) is 35.9 Å². The van der Waals surface area contributed by atoms with Gasteiger partial charge in [0.25, 0.3) is 5.91 Å². The van der Waals surface area contributed by atoms with Crippen LogP contribution in [0.1, 0.15) is 15.9 Å². The zero-order chi connectivity index (χ0) is 16.5. The predicted octanol–water partition coefficient (Wildman–Crippen LogP) is 2.42. The highest BCUT2D eigenvalue weighted by molar-refractivity contribution is 5.94. The van der Waals surface area contributed by atoms with E-state index in [9.17, 15) is 4.79 Å². The molecular weight excluding hydrogens is 294 g/mol. The Morgan fingerprint density at radius 2 is 2.09 bits per heavy atom. The summed E-state index contributed by atoms with van der Waals surface area (Å²) in [6.07, 6.45) is 6.28. The van der Waals surface area contributed by atoms with Gasteiger partial charge in [-0.25, -0.2) is 5.43 Å². The van der Waals surface area contributed by atoms with Crippen LogP contribution >= 0.6 is 0 Å². The average molecular weight is 311 g/mol.